The third-order valence-electron chi connectivity index (χ3n) is 3.28. The largest absolute Gasteiger partial charge is 0.330 e. The summed E-state index contributed by atoms with van der Waals surface area (Å²) >= 11 is 0. The van der Waals surface area contributed by atoms with Gasteiger partial charge < -0.3 is 10.6 Å². The highest BCUT2D eigenvalue weighted by Crippen LogP contribution is 2.31. The molecule has 0 aliphatic carbocycles. The first-order valence-corrected chi connectivity index (χ1v) is 5.45. The Hall–Kier alpha value is -0.0800. The van der Waals surface area contributed by atoms with Gasteiger partial charge in [0.25, 0.3) is 0 Å². The van der Waals surface area contributed by atoms with Crippen molar-refractivity contribution < 1.29 is 0 Å². The molecule has 2 heteroatoms. The van der Waals surface area contributed by atoms with Gasteiger partial charge in [0.1, 0.15) is 0 Å². The molecule has 0 aromatic heterocycles. The maximum Gasteiger partial charge on any atom is 0.00977 e. The maximum atomic E-state index is 5.61. The van der Waals surface area contributed by atoms with Crippen LogP contribution >= 0.6 is 0 Å². The minimum absolute atomic E-state index is 0.429. The van der Waals surface area contributed by atoms with Gasteiger partial charge in [-0.1, -0.05) is 13.8 Å². The highest BCUT2D eigenvalue weighted by Gasteiger charge is 2.27. The molecular formula is C11H24N2. The van der Waals surface area contributed by atoms with E-state index in [4.69, 9.17) is 5.73 Å². The summed E-state index contributed by atoms with van der Waals surface area (Å²) in [4.78, 5) is 2.50. The highest BCUT2D eigenvalue weighted by molar-refractivity contribution is 4.82. The molecular weight excluding hydrogens is 160 g/mol. The van der Waals surface area contributed by atoms with Crippen molar-refractivity contribution in [2.75, 3.05) is 20.1 Å². The van der Waals surface area contributed by atoms with Crippen LogP contribution in [0, 0.1) is 5.41 Å². The van der Waals surface area contributed by atoms with Crippen LogP contribution in [-0.2, 0) is 0 Å². The molecule has 0 amide bonds. The number of hydrogen-bond donors (Lipinski definition) is 1. The first kappa shape index (κ1) is 11.0. The molecule has 1 aliphatic rings. The number of hydrogen-bond acceptors (Lipinski definition) is 2. The summed E-state index contributed by atoms with van der Waals surface area (Å²) in [6.45, 7) is 6.78. The highest BCUT2D eigenvalue weighted by atomic mass is 15.1. The van der Waals surface area contributed by atoms with Gasteiger partial charge in [0.2, 0.25) is 0 Å². The molecule has 2 N–H and O–H groups in total. The Bertz CT molecular complexity index is 154. The molecule has 0 saturated carbocycles. The van der Waals surface area contributed by atoms with E-state index in [9.17, 15) is 0 Å². The molecule has 0 bridgehead atoms. The number of nitrogens with zero attached hydrogens (tertiary/aromatic N) is 1. The van der Waals surface area contributed by atoms with Crippen molar-refractivity contribution in [3.63, 3.8) is 0 Å². The molecule has 1 heterocycles. The van der Waals surface area contributed by atoms with E-state index in [0.717, 1.165) is 19.0 Å². The summed E-state index contributed by atoms with van der Waals surface area (Å²) in [6, 6.07) is 0.807. The predicted octanol–water partition coefficient (Wildman–Crippen LogP) is 1.85. The third kappa shape index (κ3) is 3.28. The zero-order valence-electron chi connectivity index (χ0n) is 9.34. The van der Waals surface area contributed by atoms with Gasteiger partial charge in [-0.15, -0.1) is 0 Å². The molecule has 78 valence electrons. The Morgan fingerprint density at radius 1 is 1.46 bits per heavy atom. The minimum atomic E-state index is 0.429. The topological polar surface area (TPSA) is 29.3 Å². The number of nitrogens with two attached hydrogens (primary N) is 1. The maximum absolute atomic E-state index is 5.61. The summed E-state index contributed by atoms with van der Waals surface area (Å²) in [7, 11) is 2.25. The van der Waals surface area contributed by atoms with Crippen LogP contribution in [0.5, 0.6) is 0 Å². The molecule has 1 unspecified atom stereocenters. The summed E-state index contributed by atoms with van der Waals surface area (Å²) < 4.78 is 0. The Morgan fingerprint density at radius 2 is 2.15 bits per heavy atom. The summed E-state index contributed by atoms with van der Waals surface area (Å²) in [6.07, 6.45) is 5.21. The van der Waals surface area contributed by atoms with Crippen LogP contribution in [-0.4, -0.2) is 31.1 Å². The minimum Gasteiger partial charge on any atom is -0.330 e. The van der Waals surface area contributed by atoms with E-state index in [2.05, 4.69) is 25.8 Å². The fraction of sp³-hybridized carbons (Fsp3) is 1.00. The molecule has 0 aromatic rings. The predicted molar refractivity (Wildman–Crippen MR) is 57.7 cm³/mol. The summed E-state index contributed by atoms with van der Waals surface area (Å²) in [5.41, 5.74) is 6.04. The van der Waals surface area contributed by atoms with E-state index in [0.29, 0.717) is 5.41 Å². The van der Waals surface area contributed by atoms with Crippen molar-refractivity contribution in [1.82, 2.24) is 4.90 Å². The molecule has 1 saturated heterocycles. The van der Waals surface area contributed by atoms with E-state index in [1.165, 1.54) is 25.8 Å². The van der Waals surface area contributed by atoms with Crippen molar-refractivity contribution in [2.45, 2.75) is 45.6 Å². The van der Waals surface area contributed by atoms with Crippen molar-refractivity contribution in [2.24, 2.45) is 11.1 Å². The normalized spacial score (nSPS) is 25.4. The van der Waals surface area contributed by atoms with E-state index in [1.54, 1.807) is 0 Å². The van der Waals surface area contributed by atoms with Gasteiger partial charge in [-0.2, -0.15) is 0 Å². The molecule has 0 aromatic carbocycles. The summed E-state index contributed by atoms with van der Waals surface area (Å²) in [5.74, 6) is 0. The average molecular weight is 184 g/mol. The van der Waals surface area contributed by atoms with Crippen LogP contribution in [0.15, 0.2) is 0 Å². The van der Waals surface area contributed by atoms with Crippen LogP contribution in [0.4, 0.5) is 0 Å². The summed E-state index contributed by atoms with van der Waals surface area (Å²) in [5, 5.41) is 0. The monoisotopic (exact) mass is 184 g/mol. The lowest BCUT2D eigenvalue weighted by atomic mass is 9.82. The van der Waals surface area contributed by atoms with Gasteiger partial charge in [0.15, 0.2) is 0 Å². The van der Waals surface area contributed by atoms with Crippen molar-refractivity contribution in [3.05, 3.63) is 0 Å². The number of rotatable bonds is 4. The average Bonchev–Trinajstić information content (AvgIpc) is 2.35. The van der Waals surface area contributed by atoms with E-state index < -0.39 is 0 Å². The molecule has 0 spiro atoms. The lowest BCUT2D eigenvalue weighted by Crippen LogP contribution is -2.31. The van der Waals surface area contributed by atoms with Gasteiger partial charge in [0.05, 0.1) is 0 Å². The molecule has 1 aliphatic heterocycles. The lowest BCUT2D eigenvalue weighted by molar-refractivity contribution is 0.201. The molecule has 1 atom stereocenters. The SMILES string of the molecule is CN1CCCC1CC(C)(C)CCN. The fourth-order valence-corrected chi connectivity index (χ4v) is 2.37. The fourth-order valence-electron chi connectivity index (χ4n) is 2.37. The Kier molecular flexibility index (Phi) is 3.74. The van der Waals surface area contributed by atoms with E-state index >= 15 is 0 Å². The second-order valence-electron chi connectivity index (χ2n) is 5.18. The van der Waals surface area contributed by atoms with Crippen molar-refractivity contribution in [3.8, 4) is 0 Å². The third-order valence-corrected chi connectivity index (χ3v) is 3.28. The van der Waals surface area contributed by atoms with E-state index in [-0.39, 0.29) is 0 Å². The van der Waals surface area contributed by atoms with Crippen LogP contribution in [0.3, 0.4) is 0 Å². The van der Waals surface area contributed by atoms with Gasteiger partial charge in [-0.05, 0) is 51.2 Å². The van der Waals surface area contributed by atoms with Crippen LogP contribution < -0.4 is 5.73 Å². The molecule has 13 heavy (non-hydrogen) atoms. The Labute approximate surface area is 82.5 Å². The molecule has 2 nitrogen and oxygen atoms in total. The first-order chi connectivity index (χ1) is 6.05. The second kappa shape index (κ2) is 4.43. The van der Waals surface area contributed by atoms with Gasteiger partial charge in [-0.3, -0.25) is 0 Å². The lowest BCUT2D eigenvalue weighted by Gasteiger charge is -2.30. The van der Waals surface area contributed by atoms with Gasteiger partial charge in [-0.25, -0.2) is 0 Å². The van der Waals surface area contributed by atoms with E-state index in [1.807, 2.05) is 0 Å². The zero-order valence-corrected chi connectivity index (χ0v) is 9.34. The second-order valence-corrected chi connectivity index (χ2v) is 5.18. The zero-order chi connectivity index (χ0) is 9.90. The molecule has 0 radical (unpaired) electrons. The smallest absolute Gasteiger partial charge is 0.00977 e. The van der Waals surface area contributed by atoms with Crippen LogP contribution in [0.2, 0.25) is 0 Å². The Balaban J connectivity index is 2.37. The standard InChI is InChI=1S/C11H24N2/c1-11(2,6-7-12)9-10-5-4-8-13(10)3/h10H,4-9,12H2,1-3H3. The Morgan fingerprint density at radius 3 is 2.62 bits per heavy atom. The molecule has 1 fully saturated rings. The number of likely N-dealkylation sites (tertiary alicyclic amines) is 1. The van der Waals surface area contributed by atoms with Gasteiger partial charge >= 0.3 is 0 Å². The van der Waals surface area contributed by atoms with Crippen molar-refractivity contribution in [1.29, 1.82) is 0 Å². The van der Waals surface area contributed by atoms with Crippen LogP contribution in [0.1, 0.15) is 39.5 Å². The first-order valence-electron chi connectivity index (χ1n) is 5.45. The quantitative estimate of drug-likeness (QED) is 0.722. The van der Waals surface area contributed by atoms with Gasteiger partial charge in [0, 0.05) is 6.04 Å². The van der Waals surface area contributed by atoms with Crippen LogP contribution in [0.25, 0.3) is 0 Å². The molecule has 1 rings (SSSR count). The van der Waals surface area contributed by atoms with Crippen molar-refractivity contribution >= 4 is 0 Å².